The molecule has 126 valence electrons. The number of fused-ring (bicyclic) bond motifs is 1. The number of hydrogen-bond acceptors (Lipinski definition) is 1. The molecule has 1 heterocycles. The highest BCUT2D eigenvalue weighted by atomic mass is 79.9. The summed E-state index contributed by atoms with van der Waals surface area (Å²) in [6.07, 6.45) is 9.10. The van der Waals surface area contributed by atoms with Gasteiger partial charge in [-0.2, -0.15) is 0 Å². The minimum atomic E-state index is 0.119. The quantitative estimate of drug-likeness (QED) is 0.657. The first-order valence-corrected chi connectivity index (χ1v) is 9.85. The second-order valence-corrected chi connectivity index (χ2v) is 9.93. The van der Waals surface area contributed by atoms with Crippen LogP contribution < -0.4 is 4.90 Å². The molecule has 1 aliphatic heterocycles. The van der Waals surface area contributed by atoms with Crippen LogP contribution in [0.5, 0.6) is 0 Å². The molecule has 0 saturated heterocycles. The fraction of sp³-hybridized carbons (Fsp3) is 0.650. The number of hydrogen-bond donors (Lipinski definition) is 0. The molecule has 0 bridgehead atoms. The second-order valence-electron chi connectivity index (χ2n) is 7.79. The Balaban J connectivity index is 1.80. The van der Waals surface area contributed by atoms with Crippen LogP contribution >= 0.6 is 15.9 Å². The van der Waals surface area contributed by atoms with Crippen LogP contribution in [0.1, 0.15) is 63.5 Å². The van der Waals surface area contributed by atoms with E-state index in [2.05, 4.69) is 52.9 Å². The summed E-state index contributed by atoms with van der Waals surface area (Å²) >= 11 is 3.73. The van der Waals surface area contributed by atoms with Crippen molar-refractivity contribution in [2.45, 2.75) is 69.5 Å². The van der Waals surface area contributed by atoms with E-state index in [1.807, 2.05) is 0 Å². The molecule has 1 amide bonds. The summed E-state index contributed by atoms with van der Waals surface area (Å²) in [6, 6.07) is 6.70. The van der Waals surface area contributed by atoms with E-state index in [4.69, 9.17) is 0 Å². The Hall–Kier alpha value is -0.830. The molecule has 3 heteroatoms. The van der Waals surface area contributed by atoms with E-state index in [0.29, 0.717) is 5.91 Å². The fourth-order valence-corrected chi connectivity index (χ4v) is 4.37. The third-order valence-electron chi connectivity index (χ3n) is 5.11. The van der Waals surface area contributed by atoms with Gasteiger partial charge in [-0.05, 0) is 63.1 Å². The lowest BCUT2D eigenvalue weighted by Gasteiger charge is -2.34. The van der Waals surface area contributed by atoms with Crippen molar-refractivity contribution < 1.29 is 4.79 Å². The van der Waals surface area contributed by atoms with Crippen LogP contribution in [-0.2, 0) is 17.6 Å². The highest BCUT2D eigenvalue weighted by Crippen LogP contribution is 2.33. The number of aryl methyl sites for hydroxylation is 1. The predicted molar refractivity (Wildman–Crippen MR) is 100 cm³/mol. The largest absolute Gasteiger partial charge is 0.312 e. The Morgan fingerprint density at radius 3 is 2.65 bits per heavy atom. The number of amides is 1. The van der Waals surface area contributed by atoms with Gasteiger partial charge in [0, 0.05) is 22.5 Å². The molecular weight excluding hydrogens is 350 g/mol. The van der Waals surface area contributed by atoms with E-state index < -0.39 is 0 Å². The lowest BCUT2D eigenvalue weighted by atomic mass is 9.87. The summed E-state index contributed by atoms with van der Waals surface area (Å²) in [6.45, 7) is 5.29. The maximum absolute atomic E-state index is 12.9. The van der Waals surface area contributed by atoms with Gasteiger partial charge < -0.3 is 4.90 Å². The van der Waals surface area contributed by atoms with E-state index in [9.17, 15) is 4.79 Å². The smallest absolute Gasteiger partial charge is 0.230 e. The molecule has 1 aliphatic carbocycles. The molecule has 0 spiro atoms. The van der Waals surface area contributed by atoms with E-state index >= 15 is 0 Å². The van der Waals surface area contributed by atoms with Gasteiger partial charge in [0.1, 0.15) is 0 Å². The van der Waals surface area contributed by atoms with Crippen LogP contribution in [0.15, 0.2) is 18.2 Å². The zero-order valence-corrected chi connectivity index (χ0v) is 16.0. The van der Waals surface area contributed by atoms with E-state index in [-0.39, 0.29) is 10.2 Å². The topological polar surface area (TPSA) is 20.3 Å². The highest BCUT2D eigenvalue weighted by Gasteiger charge is 2.29. The van der Waals surface area contributed by atoms with Crippen molar-refractivity contribution in [2.75, 3.05) is 11.4 Å². The zero-order chi connectivity index (χ0) is 16.4. The zero-order valence-electron chi connectivity index (χ0n) is 14.4. The molecule has 1 aromatic carbocycles. The Morgan fingerprint density at radius 2 is 1.96 bits per heavy atom. The Kier molecular flexibility index (Phi) is 5.15. The molecule has 23 heavy (non-hydrogen) atoms. The van der Waals surface area contributed by atoms with Crippen LogP contribution in [0.3, 0.4) is 0 Å². The van der Waals surface area contributed by atoms with Crippen molar-refractivity contribution in [1.82, 2.24) is 0 Å². The molecule has 3 rings (SSSR count). The Bertz CT molecular complexity index is 569. The molecule has 1 fully saturated rings. The lowest BCUT2D eigenvalue weighted by Crippen LogP contribution is -2.40. The van der Waals surface area contributed by atoms with Crippen LogP contribution in [0.2, 0.25) is 0 Å². The van der Waals surface area contributed by atoms with E-state index in [0.717, 1.165) is 38.6 Å². The molecule has 0 N–H and O–H groups in total. The molecule has 0 radical (unpaired) electrons. The molecular formula is C20H28BrNO. The summed E-state index contributed by atoms with van der Waals surface area (Å²) in [5.74, 6) is 0.634. The van der Waals surface area contributed by atoms with Gasteiger partial charge in [-0.25, -0.2) is 0 Å². The number of halogens is 1. The van der Waals surface area contributed by atoms with Gasteiger partial charge in [-0.1, -0.05) is 47.3 Å². The summed E-state index contributed by atoms with van der Waals surface area (Å²) in [5.41, 5.74) is 3.88. The molecule has 2 aliphatic rings. The average molecular weight is 378 g/mol. The Labute approximate surface area is 148 Å². The van der Waals surface area contributed by atoms with Crippen LogP contribution in [0, 0.1) is 5.92 Å². The number of nitrogens with zero attached hydrogens (tertiary/aromatic N) is 1. The van der Waals surface area contributed by atoms with E-state index in [1.165, 1.54) is 36.1 Å². The van der Waals surface area contributed by atoms with Gasteiger partial charge in [-0.15, -0.1) is 0 Å². The molecule has 0 unspecified atom stereocenters. The number of anilines is 1. The molecule has 2 nitrogen and oxygen atoms in total. The first-order valence-electron chi connectivity index (χ1n) is 9.06. The van der Waals surface area contributed by atoms with Gasteiger partial charge >= 0.3 is 0 Å². The molecule has 1 saturated carbocycles. The minimum absolute atomic E-state index is 0.119. The third-order valence-corrected chi connectivity index (χ3v) is 5.39. The fourth-order valence-electron chi connectivity index (χ4n) is 4.04. The SMILES string of the molecule is CC(C)(Br)Cc1ccc2c(c1)CCCN2C(=O)C1CCCCC1. The first-order chi connectivity index (χ1) is 10.9. The van der Waals surface area contributed by atoms with Crippen molar-refractivity contribution in [3.63, 3.8) is 0 Å². The maximum Gasteiger partial charge on any atom is 0.230 e. The molecule has 0 atom stereocenters. The van der Waals surface area contributed by atoms with Crippen LogP contribution in [-0.4, -0.2) is 16.8 Å². The summed E-state index contributed by atoms with van der Waals surface area (Å²) in [7, 11) is 0. The van der Waals surface area contributed by atoms with Crippen molar-refractivity contribution in [3.8, 4) is 0 Å². The van der Waals surface area contributed by atoms with Gasteiger partial charge in [0.15, 0.2) is 0 Å². The van der Waals surface area contributed by atoms with Crippen molar-refractivity contribution >= 4 is 27.5 Å². The van der Waals surface area contributed by atoms with Crippen molar-refractivity contribution in [3.05, 3.63) is 29.3 Å². The number of benzene rings is 1. The van der Waals surface area contributed by atoms with Crippen LogP contribution in [0.4, 0.5) is 5.69 Å². The van der Waals surface area contributed by atoms with Gasteiger partial charge in [0.2, 0.25) is 5.91 Å². The van der Waals surface area contributed by atoms with Gasteiger partial charge in [0.05, 0.1) is 0 Å². The van der Waals surface area contributed by atoms with Crippen molar-refractivity contribution in [2.24, 2.45) is 5.92 Å². The van der Waals surface area contributed by atoms with E-state index in [1.54, 1.807) is 0 Å². The number of alkyl halides is 1. The number of rotatable bonds is 3. The molecule has 1 aromatic rings. The third kappa shape index (κ3) is 4.17. The van der Waals surface area contributed by atoms with Gasteiger partial charge in [-0.3, -0.25) is 4.79 Å². The average Bonchev–Trinajstić information content (AvgIpc) is 2.52. The van der Waals surface area contributed by atoms with Crippen molar-refractivity contribution in [1.29, 1.82) is 0 Å². The number of carbonyl (C=O) groups is 1. The monoisotopic (exact) mass is 377 g/mol. The van der Waals surface area contributed by atoms with Crippen LogP contribution in [0.25, 0.3) is 0 Å². The first kappa shape index (κ1) is 17.0. The second kappa shape index (κ2) is 6.96. The summed E-state index contributed by atoms with van der Waals surface area (Å²) in [4.78, 5) is 15.0. The van der Waals surface area contributed by atoms with Gasteiger partial charge in [0.25, 0.3) is 0 Å². The normalized spacial score (nSPS) is 19.5. The Morgan fingerprint density at radius 1 is 1.22 bits per heavy atom. The molecule has 0 aromatic heterocycles. The number of carbonyl (C=O) groups excluding carboxylic acids is 1. The maximum atomic E-state index is 12.9. The highest BCUT2D eigenvalue weighted by molar-refractivity contribution is 9.10. The summed E-state index contributed by atoms with van der Waals surface area (Å²) < 4.78 is 0.119. The summed E-state index contributed by atoms with van der Waals surface area (Å²) in [5, 5.41) is 0. The minimum Gasteiger partial charge on any atom is -0.312 e. The standard InChI is InChI=1S/C20H28BrNO/c1-20(2,21)14-15-10-11-18-17(13-15)9-6-12-22(18)19(23)16-7-4-3-5-8-16/h10-11,13,16H,3-9,12,14H2,1-2H3. The predicted octanol–water partition coefficient (Wildman–Crippen LogP) is 5.26. The lowest BCUT2D eigenvalue weighted by molar-refractivity contribution is -0.123.